The maximum absolute atomic E-state index is 12.9. The molecule has 2 aromatic heterocycles. The topological polar surface area (TPSA) is 90.7 Å². The number of thiophene rings is 1. The molecular formula is C17H18N2O5S2. The van der Waals surface area contributed by atoms with Gasteiger partial charge < -0.3 is 14.0 Å². The summed E-state index contributed by atoms with van der Waals surface area (Å²) in [5.41, 5.74) is 1.03. The quantitative estimate of drug-likeness (QED) is 0.683. The minimum Gasteiger partial charge on any atom is -0.497 e. The number of benzene rings is 1. The summed E-state index contributed by atoms with van der Waals surface area (Å²) in [5, 5.41) is 3.84. The molecule has 0 bridgehead atoms. The van der Waals surface area contributed by atoms with Gasteiger partial charge in [-0.25, -0.2) is 8.42 Å². The lowest BCUT2D eigenvalue weighted by molar-refractivity contribution is 0.405. The van der Waals surface area contributed by atoms with Crippen LogP contribution in [0.3, 0.4) is 0 Å². The second-order valence-electron chi connectivity index (χ2n) is 5.54. The molecule has 3 aromatic rings. The van der Waals surface area contributed by atoms with Crippen molar-refractivity contribution in [3.8, 4) is 22.1 Å². The molecule has 0 saturated heterocycles. The van der Waals surface area contributed by atoms with Crippen molar-refractivity contribution in [3.63, 3.8) is 0 Å². The minimum absolute atomic E-state index is 0.177. The average Bonchev–Trinajstić information content (AvgIpc) is 3.20. The van der Waals surface area contributed by atoms with Crippen molar-refractivity contribution in [1.82, 2.24) is 5.16 Å². The number of hydrogen-bond acceptors (Lipinski definition) is 7. The van der Waals surface area contributed by atoms with E-state index in [1.807, 2.05) is 6.92 Å². The minimum atomic E-state index is -3.82. The maximum atomic E-state index is 12.9. The summed E-state index contributed by atoms with van der Waals surface area (Å²) in [4.78, 5) is 1.51. The number of nitrogens with one attached hydrogen (secondary N) is 1. The molecule has 1 N–H and O–H groups in total. The third-order valence-electron chi connectivity index (χ3n) is 3.68. The highest BCUT2D eigenvalue weighted by Crippen LogP contribution is 2.36. The lowest BCUT2D eigenvalue weighted by Gasteiger charge is -2.13. The Labute approximate surface area is 155 Å². The first kappa shape index (κ1) is 18.3. The number of methoxy groups -OCH3 is 2. The van der Waals surface area contributed by atoms with E-state index in [-0.39, 0.29) is 4.90 Å². The van der Waals surface area contributed by atoms with Crippen LogP contribution in [0.15, 0.2) is 39.8 Å². The summed E-state index contributed by atoms with van der Waals surface area (Å²) in [6, 6.07) is 8.24. The molecule has 0 saturated carbocycles. The highest BCUT2D eigenvalue weighted by atomic mass is 32.2. The molecular weight excluding hydrogens is 376 g/mol. The van der Waals surface area contributed by atoms with E-state index in [0.717, 1.165) is 5.69 Å². The molecule has 7 nitrogen and oxygen atoms in total. The number of aryl methyl sites for hydroxylation is 2. The lowest BCUT2D eigenvalue weighted by atomic mass is 10.3. The third kappa shape index (κ3) is 3.54. The summed E-state index contributed by atoms with van der Waals surface area (Å²) >= 11 is 1.33. The smallest absolute Gasteiger partial charge is 0.263 e. The summed E-state index contributed by atoms with van der Waals surface area (Å²) in [5.74, 6) is 1.45. The highest BCUT2D eigenvalue weighted by Gasteiger charge is 2.23. The number of aromatic nitrogens is 1. The summed E-state index contributed by atoms with van der Waals surface area (Å²) in [6.45, 7) is 3.55. The van der Waals surface area contributed by atoms with Gasteiger partial charge in [0.15, 0.2) is 5.76 Å². The summed E-state index contributed by atoms with van der Waals surface area (Å²) < 4.78 is 44.0. The van der Waals surface area contributed by atoms with Crippen LogP contribution in [0.4, 0.5) is 5.69 Å². The van der Waals surface area contributed by atoms with Crippen LogP contribution in [-0.4, -0.2) is 27.8 Å². The Hall–Kier alpha value is -2.52. The van der Waals surface area contributed by atoms with Gasteiger partial charge in [-0.3, -0.25) is 4.72 Å². The van der Waals surface area contributed by atoms with E-state index in [1.54, 1.807) is 37.3 Å². The number of anilines is 1. The number of ether oxygens (including phenoxy) is 2. The van der Waals surface area contributed by atoms with Gasteiger partial charge in [0.1, 0.15) is 16.4 Å². The molecule has 1 aromatic carbocycles. The predicted octanol–water partition coefficient (Wildman–Crippen LogP) is 3.84. The number of rotatable bonds is 6. The molecule has 26 heavy (non-hydrogen) atoms. The van der Waals surface area contributed by atoms with Crippen molar-refractivity contribution in [2.45, 2.75) is 18.7 Å². The van der Waals surface area contributed by atoms with Crippen molar-refractivity contribution in [3.05, 3.63) is 40.9 Å². The first-order chi connectivity index (χ1) is 12.3. The van der Waals surface area contributed by atoms with Crippen LogP contribution in [0.1, 0.15) is 10.6 Å². The molecule has 0 fully saturated rings. The van der Waals surface area contributed by atoms with Gasteiger partial charge in [0.2, 0.25) is 0 Å². The van der Waals surface area contributed by atoms with Crippen molar-refractivity contribution in [2.75, 3.05) is 18.9 Å². The van der Waals surface area contributed by atoms with Crippen LogP contribution in [-0.2, 0) is 10.0 Å². The number of sulfonamides is 1. The Morgan fingerprint density at radius 3 is 2.50 bits per heavy atom. The normalized spacial score (nSPS) is 11.4. The van der Waals surface area contributed by atoms with E-state index in [9.17, 15) is 8.42 Å². The van der Waals surface area contributed by atoms with Gasteiger partial charge in [0.25, 0.3) is 10.0 Å². The largest absolute Gasteiger partial charge is 0.497 e. The average molecular weight is 394 g/mol. The van der Waals surface area contributed by atoms with Gasteiger partial charge in [-0.2, -0.15) is 0 Å². The van der Waals surface area contributed by atoms with Gasteiger partial charge in [-0.05, 0) is 32.0 Å². The Bertz CT molecular complexity index is 1040. The maximum Gasteiger partial charge on any atom is 0.263 e. The van der Waals surface area contributed by atoms with E-state index in [4.69, 9.17) is 14.0 Å². The monoisotopic (exact) mass is 394 g/mol. The number of hydrogen-bond donors (Lipinski definition) is 1. The SMILES string of the molecule is COc1ccc(OC)c(NS(=O)(=O)c2cc(-c3cc(C)no3)sc2C)c1. The predicted molar refractivity (Wildman–Crippen MR) is 99.6 cm³/mol. The van der Waals surface area contributed by atoms with Crippen LogP contribution >= 0.6 is 11.3 Å². The first-order valence-corrected chi connectivity index (χ1v) is 9.93. The molecule has 2 heterocycles. The standard InChI is InChI=1S/C17H18N2O5S2/c1-10-7-15(24-18-10)16-9-17(11(2)25-16)26(20,21)19-13-8-12(22-3)5-6-14(13)23-4/h5-9,19H,1-4H3. The third-order valence-corrected chi connectivity index (χ3v) is 6.37. The van der Waals surface area contributed by atoms with Crippen molar-refractivity contribution in [2.24, 2.45) is 0 Å². The molecule has 0 radical (unpaired) electrons. The Morgan fingerprint density at radius 1 is 1.12 bits per heavy atom. The molecule has 0 aliphatic heterocycles. The lowest BCUT2D eigenvalue weighted by Crippen LogP contribution is -2.14. The molecule has 0 spiro atoms. The first-order valence-electron chi connectivity index (χ1n) is 7.63. The Balaban J connectivity index is 1.98. The van der Waals surface area contributed by atoms with Gasteiger partial charge in [-0.15, -0.1) is 11.3 Å². The molecule has 9 heteroatoms. The van der Waals surface area contributed by atoms with Gasteiger partial charge in [-0.1, -0.05) is 5.16 Å². The molecule has 138 valence electrons. The van der Waals surface area contributed by atoms with Crippen LogP contribution < -0.4 is 14.2 Å². The molecule has 0 atom stereocenters. The molecule has 3 rings (SSSR count). The summed E-state index contributed by atoms with van der Waals surface area (Å²) in [7, 11) is -0.838. The second kappa shape index (κ2) is 7.00. The second-order valence-corrected chi connectivity index (χ2v) is 8.44. The molecule has 0 aliphatic carbocycles. The Morgan fingerprint density at radius 2 is 1.88 bits per heavy atom. The van der Waals surface area contributed by atoms with Crippen LogP contribution in [0, 0.1) is 13.8 Å². The van der Waals surface area contributed by atoms with Gasteiger partial charge in [0, 0.05) is 17.0 Å². The van der Waals surface area contributed by atoms with E-state index in [0.29, 0.717) is 32.7 Å². The van der Waals surface area contributed by atoms with Gasteiger partial charge >= 0.3 is 0 Å². The zero-order valence-electron chi connectivity index (χ0n) is 14.7. The van der Waals surface area contributed by atoms with Crippen molar-refractivity contribution < 1.29 is 22.4 Å². The van der Waals surface area contributed by atoms with E-state index < -0.39 is 10.0 Å². The summed E-state index contributed by atoms with van der Waals surface area (Å²) in [6.07, 6.45) is 0. The molecule has 0 unspecified atom stereocenters. The van der Waals surface area contributed by atoms with Crippen LogP contribution in [0.5, 0.6) is 11.5 Å². The van der Waals surface area contributed by atoms with Gasteiger partial charge in [0.05, 0.1) is 30.5 Å². The fraction of sp³-hybridized carbons (Fsp3) is 0.235. The Kier molecular flexibility index (Phi) is 4.92. The molecule has 0 aliphatic rings. The van der Waals surface area contributed by atoms with E-state index >= 15 is 0 Å². The van der Waals surface area contributed by atoms with Crippen LogP contribution in [0.25, 0.3) is 10.6 Å². The molecule has 0 amide bonds. The van der Waals surface area contributed by atoms with Crippen molar-refractivity contribution in [1.29, 1.82) is 0 Å². The zero-order chi connectivity index (χ0) is 18.9. The number of nitrogens with zero attached hydrogens (tertiary/aromatic N) is 1. The van der Waals surface area contributed by atoms with Crippen LogP contribution in [0.2, 0.25) is 0 Å². The van der Waals surface area contributed by atoms with E-state index in [1.165, 1.54) is 25.6 Å². The fourth-order valence-corrected chi connectivity index (χ4v) is 5.03. The van der Waals surface area contributed by atoms with E-state index in [2.05, 4.69) is 9.88 Å². The zero-order valence-corrected chi connectivity index (χ0v) is 16.3. The highest BCUT2D eigenvalue weighted by molar-refractivity contribution is 7.93. The fourth-order valence-electron chi connectivity index (χ4n) is 2.43. The van der Waals surface area contributed by atoms with Crippen molar-refractivity contribution >= 4 is 27.0 Å².